The van der Waals surface area contributed by atoms with Crippen LogP contribution in [0.5, 0.6) is 0 Å². The van der Waals surface area contributed by atoms with Crippen molar-refractivity contribution in [3.63, 3.8) is 0 Å². The molecule has 0 radical (unpaired) electrons. The molecule has 0 bridgehead atoms. The van der Waals surface area contributed by atoms with Crippen LogP contribution in [-0.4, -0.2) is 21.2 Å². The second-order valence-corrected chi connectivity index (χ2v) is 3.87. The highest BCUT2D eigenvalue weighted by atomic mass is 15.3. The number of nitrogens with zero attached hydrogens (tertiary/aromatic N) is 2. The lowest BCUT2D eigenvalue weighted by molar-refractivity contribution is 0.188. The molecule has 3 unspecified atom stereocenters. The van der Waals surface area contributed by atoms with Crippen molar-refractivity contribution >= 4 is 11.9 Å². The lowest BCUT2D eigenvalue weighted by Crippen LogP contribution is -2.43. The zero-order valence-electron chi connectivity index (χ0n) is 7.91. The molecule has 5 heteroatoms. The molecule has 72 valence electrons. The number of anilines is 2. The minimum atomic E-state index is 0.363. The Bertz CT molecular complexity index is 294. The number of hydrogen-bond acceptors (Lipinski definition) is 4. The van der Waals surface area contributed by atoms with Gasteiger partial charge in [-0.1, -0.05) is 13.8 Å². The van der Waals surface area contributed by atoms with Gasteiger partial charge in [0.2, 0.25) is 11.9 Å². The molecule has 0 aromatic carbocycles. The molecular weight excluding hydrogens is 166 g/mol. The zero-order chi connectivity index (χ0) is 9.42. The summed E-state index contributed by atoms with van der Waals surface area (Å²) in [7, 11) is 0. The number of hydrogen-bond donors (Lipinski definition) is 3. The maximum atomic E-state index is 5.41. The van der Waals surface area contributed by atoms with E-state index in [1.807, 2.05) is 0 Å². The Morgan fingerprint density at radius 2 is 2.31 bits per heavy atom. The Balaban J connectivity index is 1.93. The molecule has 0 spiro atoms. The van der Waals surface area contributed by atoms with Gasteiger partial charge in [-0.2, -0.15) is 4.98 Å². The number of H-pyrrole nitrogens is 1. The first-order valence-corrected chi connectivity index (χ1v) is 4.61. The third-order valence-electron chi connectivity index (χ3n) is 2.98. The van der Waals surface area contributed by atoms with Gasteiger partial charge in [-0.05, 0) is 18.3 Å². The first kappa shape index (κ1) is 8.34. The standard InChI is InChI=1S/C8H15N5/c1-4-3-6(5(4)2)10-8-11-7(9)12-13-8/h4-6H,3H2,1-2H3,(H4,9,10,11,12,13). The van der Waals surface area contributed by atoms with Crippen molar-refractivity contribution in [1.82, 2.24) is 15.2 Å². The number of aromatic amines is 1. The first-order valence-electron chi connectivity index (χ1n) is 4.61. The summed E-state index contributed by atoms with van der Waals surface area (Å²) in [5.74, 6) is 2.47. The van der Waals surface area contributed by atoms with Gasteiger partial charge in [-0.15, -0.1) is 5.10 Å². The summed E-state index contributed by atoms with van der Waals surface area (Å²) in [6.07, 6.45) is 1.19. The van der Waals surface area contributed by atoms with Crippen LogP contribution < -0.4 is 11.1 Å². The highest BCUT2D eigenvalue weighted by Gasteiger charge is 2.34. The maximum absolute atomic E-state index is 5.41. The summed E-state index contributed by atoms with van der Waals surface area (Å²) in [5.41, 5.74) is 5.41. The number of nitrogens with one attached hydrogen (secondary N) is 2. The van der Waals surface area contributed by atoms with Gasteiger partial charge < -0.3 is 11.1 Å². The van der Waals surface area contributed by atoms with E-state index in [0.717, 1.165) is 5.92 Å². The van der Waals surface area contributed by atoms with Crippen molar-refractivity contribution in [2.45, 2.75) is 26.3 Å². The van der Waals surface area contributed by atoms with Crippen molar-refractivity contribution < 1.29 is 0 Å². The number of nitrogens with two attached hydrogens (primary N) is 1. The van der Waals surface area contributed by atoms with E-state index in [-0.39, 0.29) is 0 Å². The quantitative estimate of drug-likeness (QED) is 0.631. The molecule has 1 aromatic rings. The average Bonchev–Trinajstić information content (AvgIpc) is 2.50. The van der Waals surface area contributed by atoms with Crippen LogP contribution in [-0.2, 0) is 0 Å². The third kappa shape index (κ3) is 1.46. The molecule has 5 nitrogen and oxygen atoms in total. The molecule has 0 saturated heterocycles. The van der Waals surface area contributed by atoms with Gasteiger partial charge in [-0.25, -0.2) is 5.10 Å². The van der Waals surface area contributed by atoms with Crippen LogP contribution in [0.25, 0.3) is 0 Å². The smallest absolute Gasteiger partial charge is 0.243 e. The molecule has 1 aliphatic carbocycles. The summed E-state index contributed by atoms with van der Waals surface area (Å²) in [5, 5.41) is 9.77. The number of aromatic nitrogens is 3. The molecule has 13 heavy (non-hydrogen) atoms. The summed E-state index contributed by atoms with van der Waals surface area (Å²) < 4.78 is 0. The van der Waals surface area contributed by atoms with Crippen molar-refractivity contribution in [2.75, 3.05) is 11.1 Å². The zero-order valence-corrected chi connectivity index (χ0v) is 7.91. The normalized spacial score (nSPS) is 32.6. The minimum absolute atomic E-state index is 0.363. The van der Waals surface area contributed by atoms with Crippen molar-refractivity contribution in [1.29, 1.82) is 0 Å². The molecule has 1 aromatic heterocycles. The largest absolute Gasteiger partial charge is 0.368 e. The van der Waals surface area contributed by atoms with Crippen LogP contribution in [0.4, 0.5) is 11.9 Å². The molecule has 1 saturated carbocycles. The number of rotatable bonds is 2. The van der Waals surface area contributed by atoms with Crippen molar-refractivity contribution in [2.24, 2.45) is 11.8 Å². The predicted molar refractivity (Wildman–Crippen MR) is 51.2 cm³/mol. The average molecular weight is 181 g/mol. The van der Waals surface area contributed by atoms with E-state index in [9.17, 15) is 0 Å². The van der Waals surface area contributed by atoms with Gasteiger partial charge in [0.1, 0.15) is 0 Å². The fraction of sp³-hybridized carbons (Fsp3) is 0.750. The molecule has 3 atom stereocenters. The van der Waals surface area contributed by atoms with Crippen LogP contribution in [0, 0.1) is 11.8 Å². The fourth-order valence-corrected chi connectivity index (χ4v) is 1.73. The lowest BCUT2D eigenvalue weighted by Gasteiger charge is -2.40. The highest BCUT2D eigenvalue weighted by molar-refractivity contribution is 5.32. The third-order valence-corrected chi connectivity index (χ3v) is 2.98. The summed E-state index contributed by atoms with van der Waals surface area (Å²) in [6, 6.07) is 0.505. The molecule has 0 amide bonds. The van der Waals surface area contributed by atoms with Gasteiger partial charge >= 0.3 is 0 Å². The van der Waals surface area contributed by atoms with E-state index in [2.05, 4.69) is 34.3 Å². The van der Waals surface area contributed by atoms with Crippen LogP contribution in [0.1, 0.15) is 20.3 Å². The van der Waals surface area contributed by atoms with E-state index < -0.39 is 0 Å². The van der Waals surface area contributed by atoms with Crippen LogP contribution in [0.15, 0.2) is 0 Å². The van der Waals surface area contributed by atoms with E-state index in [1.54, 1.807) is 0 Å². The molecular formula is C8H15N5. The van der Waals surface area contributed by atoms with Gasteiger partial charge in [0.05, 0.1) is 0 Å². The molecule has 4 N–H and O–H groups in total. The molecule has 1 fully saturated rings. The second kappa shape index (κ2) is 2.90. The van der Waals surface area contributed by atoms with E-state index >= 15 is 0 Å². The maximum Gasteiger partial charge on any atom is 0.243 e. The Kier molecular flexibility index (Phi) is 1.86. The van der Waals surface area contributed by atoms with Crippen LogP contribution >= 0.6 is 0 Å². The van der Waals surface area contributed by atoms with Crippen molar-refractivity contribution in [3.8, 4) is 0 Å². The summed E-state index contributed by atoms with van der Waals surface area (Å²) in [6.45, 7) is 4.50. The molecule has 0 aliphatic heterocycles. The van der Waals surface area contributed by atoms with Crippen LogP contribution in [0.3, 0.4) is 0 Å². The Morgan fingerprint density at radius 3 is 2.77 bits per heavy atom. The predicted octanol–water partition coefficient (Wildman–Crippen LogP) is 0.843. The van der Waals surface area contributed by atoms with Crippen molar-refractivity contribution in [3.05, 3.63) is 0 Å². The summed E-state index contributed by atoms with van der Waals surface area (Å²) in [4.78, 5) is 3.99. The SMILES string of the molecule is CC1CC(Nc2n[nH]c(N)n2)C1C. The monoisotopic (exact) mass is 181 g/mol. The first-order chi connectivity index (χ1) is 6.16. The topological polar surface area (TPSA) is 79.6 Å². The highest BCUT2D eigenvalue weighted by Crippen LogP contribution is 2.35. The summed E-state index contributed by atoms with van der Waals surface area (Å²) >= 11 is 0. The van der Waals surface area contributed by atoms with E-state index in [0.29, 0.717) is 23.9 Å². The van der Waals surface area contributed by atoms with E-state index in [1.165, 1.54) is 6.42 Å². The van der Waals surface area contributed by atoms with Gasteiger partial charge in [0.25, 0.3) is 0 Å². The minimum Gasteiger partial charge on any atom is -0.368 e. The molecule has 1 heterocycles. The number of nitrogen functional groups attached to an aromatic ring is 1. The lowest BCUT2D eigenvalue weighted by atomic mass is 9.71. The second-order valence-electron chi connectivity index (χ2n) is 3.87. The molecule has 2 rings (SSSR count). The Hall–Kier alpha value is -1.26. The fourth-order valence-electron chi connectivity index (χ4n) is 1.73. The van der Waals surface area contributed by atoms with Gasteiger partial charge in [-0.3, -0.25) is 0 Å². The van der Waals surface area contributed by atoms with Gasteiger partial charge in [0, 0.05) is 6.04 Å². The Labute approximate surface area is 77.1 Å². The molecule has 1 aliphatic rings. The van der Waals surface area contributed by atoms with Crippen LogP contribution in [0.2, 0.25) is 0 Å². The van der Waals surface area contributed by atoms with Gasteiger partial charge in [0.15, 0.2) is 0 Å². The van der Waals surface area contributed by atoms with E-state index in [4.69, 9.17) is 5.73 Å². The Morgan fingerprint density at radius 1 is 1.54 bits per heavy atom.